The van der Waals surface area contributed by atoms with Gasteiger partial charge in [-0.05, 0) is 24.8 Å². The van der Waals surface area contributed by atoms with E-state index in [9.17, 15) is 0 Å². The third-order valence-corrected chi connectivity index (χ3v) is 5.73. The molecule has 0 bridgehead atoms. The van der Waals surface area contributed by atoms with E-state index in [4.69, 9.17) is 9.73 Å². The molecule has 7 heteroatoms. The van der Waals surface area contributed by atoms with Gasteiger partial charge in [0.05, 0.1) is 26.0 Å². The minimum absolute atomic E-state index is 0.472. The van der Waals surface area contributed by atoms with Crippen LogP contribution in [0.25, 0.3) is 0 Å². The van der Waals surface area contributed by atoms with Crippen molar-refractivity contribution in [1.29, 1.82) is 0 Å². The monoisotopic (exact) mass is 376 g/mol. The highest BCUT2D eigenvalue weighted by Gasteiger charge is 2.28. The zero-order valence-corrected chi connectivity index (χ0v) is 17.4. The lowest BCUT2D eigenvalue weighted by molar-refractivity contribution is 0.00863. The van der Waals surface area contributed by atoms with Gasteiger partial charge in [-0.1, -0.05) is 13.8 Å². The third-order valence-electron chi connectivity index (χ3n) is 5.73. The predicted molar refractivity (Wildman–Crippen MR) is 109 cm³/mol. The fourth-order valence-electron chi connectivity index (χ4n) is 4.14. The standard InChI is InChI=1S/C20H36N6O/c1-5-21-20(22-13-19(16(2)3)25-8-10-27-11-9-25)26-7-6-17(15-26)18-12-23-24(4)14-18/h12,14,16-17,19H,5-11,13,15H2,1-4H3,(H,21,22). The lowest BCUT2D eigenvalue weighted by Gasteiger charge is -2.36. The summed E-state index contributed by atoms with van der Waals surface area (Å²) in [6.45, 7) is 14.3. The summed E-state index contributed by atoms with van der Waals surface area (Å²) in [7, 11) is 1.99. The minimum atomic E-state index is 0.472. The van der Waals surface area contributed by atoms with Crippen molar-refractivity contribution in [2.24, 2.45) is 18.0 Å². The summed E-state index contributed by atoms with van der Waals surface area (Å²) in [5.41, 5.74) is 1.34. The minimum Gasteiger partial charge on any atom is -0.379 e. The van der Waals surface area contributed by atoms with Gasteiger partial charge in [0.25, 0.3) is 0 Å². The summed E-state index contributed by atoms with van der Waals surface area (Å²) in [4.78, 5) is 10.0. The molecule has 0 aliphatic carbocycles. The zero-order valence-electron chi connectivity index (χ0n) is 17.4. The zero-order chi connectivity index (χ0) is 19.2. The summed E-state index contributed by atoms with van der Waals surface area (Å²) >= 11 is 0. The number of aromatic nitrogens is 2. The highest BCUT2D eigenvalue weighted by molar-refractivity contribution is 5.80. The van der Waals surface area contributed by atoms with Crippen LogP contribution in [-0.2, 0) is 11.8 Å². The maximum Gasteiger partial charge on any atom is 0.193 e. The Labute approximate surface area is 163 Å². The highest BCUT2D eigenvalue weighted by atomic mass is 16.5. The number of rotatable bonds is 6. The van der Waals surface area contributed by atoms with E-state index < -0.39 is 0 Å². The van der Waals surface area contributed by atoms with Gasteiger partial charge in [-0.3, -0.25) is 14.6 Å². The van der Waals surface area contributed by atoms with E-state index >= 15 is 0 Å². The average molecular weight is 377 g/mol. The number of aliphatic imine (C=N–C) groups is 1. The topological polar surface area (TPSA) is 57.9 Å². The average Bonchev–Trinajstić information content (AvgIpc) is 3.30. The molecule has 0 spiro atoms. The van der Waals surface area contributed by atoms with Crippen LogP contribution in [0.4, 0.5) is 0 Å². The molecule has 2 saturated heterocycles. The van der Waals surface area contributed by atoms with Crippen molar-refractivity contribution in [2.75, 3.05) is 52.5 Å². The van der Waals surface area contributed by atoms with Gasteiger partial charge < -0.3 is 15.0 Å². The molecular formula is C20H36N6O. The van der Waals surface area contributed by atoms with Crippen LogP contribution in [0.5, 0.6) is 0 Å². The van der Waals surface area contributed by atoms with Crippen LogP contribution in [0.2, 0.25) is 0 Å². The maximum absolute atomic E-state index is 5.53. The largest absolute Gasteiger partial charge is 0.379 e. The van der Waals surface area contributed by atoms with Gasteiger partial charge in [-0.15, -0.1) is 0 Å². The van der Waals surface area contributed by atoms with Crippen LogP contribution in [0.3, 0.4) is 0 Å². The molecule has 1 aromatic rings. The van der Waals surface area contributed by atoms with Crippen LogP contribution in [-0.4, -0.2) is 84.1 Å². The van der Waals surface area contributed by atoms with Crippen LogP contribution >= 0.6 is 0 Å². The Bertz CT molecular complexity index is 607. The number of ether oxygens (including phenoxy) is 1. The molecule has 27 heavy (non-hydrogen) atoms. The third kappa shape index (κ3) is 5.23. The van der Waals surface area contributed by atoms with Crippen molar-refractivity contribution >= 4 is 5.96 Å². The second-order valence-electron chi connectivity index (χ2n) is 8.03. The van der Waals surface area contributed by atoms with Crippen molar-refractivity contribution < 1.29 is 4.74 Å². The highest BCUT2D eigenvalue weighted by Crippen LogP contribution is 2.26. The fourth-order valence-corrected chi connectivity index (χ4v) is 4.14. The first kappa shape index (κ1) is 20.1. The number of guanidine groups is 1. The Kier molecular flexibility index (Phi) is 7.13. The molecule has 3 heterocycles. The van der Waals surface area contributed by atoms with Gasteiger partial charge in [0, 0.05) is 57.9 Å². The molecular weight excluding hydrogens is 340 g/mol. The van der Waals surface area contributed by atoms with E-state index in [2.05, 4.69) is 47.2 Å². The Morgan fingerprint density at radius 3 is 2.74 bits per heavy atom. The lowest BCUT2D eigenvalue weighted by Crippen LogP contribution is -2.48. The molecule has 2 unspecified atom stereocenters. The summed E-state index contributed by atoms with van der Waals surface area (Å²) in [5, 5.41) is 7.85. The molecule has 1 N–H and O–H groups in total. The Hall–Kier alpha value is -1.60. The number of aryl methyl sites for hydroxylation is 1. The molecule has 152 valence electrons. The molecule has 7 nitrogen and oxygen atoms in total. The molecule has 2 aliphatic heterocycles. The van der Waals surface area contributed by atoms with Crippen LogP contribution < -0.4 is 5.32 Å². The maximum atomic E-state index is 5.53. The smallest absolute Gasteiger partial charge is 0.193 e. The van der Waals surface area contributed by atoms with Crippen molar-refractivity contribution in [1.82, 2.24) is 24.9 Å². The first-order valence-corrected chi connectivity index (χ1v) is 10.4. The second kappa shape index (κ2) is 9.55. The molecule has 0 radical (unpaired) electrons. The van der Waals surface area contributed by atoms with Crippen LogP contribution in [0, 0.1) is 5.92 Å². The molecule has 2 fully saturated rings. The summed E-state index contributed by atoms with van der Waals surface area (Å²) in [6, 6.07) is 0.472. The lowest BCUT2D eigenvalue weighted by atomic mass is 10.0. The van der Waals surface area contributed by atoms with E-state index in [1.807, 2.05) is 17.9 Å². The summed E-state index contributed by atoms with van der Waals surface area (Å²) < 4.78 is 7.42. The van der Waals surface area contributed by atoms with Crippen LogP contribution in [0.15, 0.2) is 17.4 Å². The number of morpholine rings is 1. The van der Waals surface area contributed by atoms with Gasteiger partial charge in [-0.25, -0.2) is 0 Å². The molecule has 0 saturated carbocycles. The molecule has 2 aliphatic rings. The number of hydrogen-bond acceptors (Lipinski definition) is 4. The first-order valence-electron chi connectivity index (χ1n) is 10.4. The van der Waals surface area contributed by atoms with Crippen molar-refractivity contribution in [3.63, 3.8) is 0 Å². The second-order valence-corrected chi connectivity index (χ2v) is 8.03. The van der Waals surface area contributed by atoms with Crippen LogP contribution in [0.1, 0.15) is 38.7 Å². The van der Waals surface area contributed by atoms with Gasteiger partial charge in [-0.2, -0.15) is 5.10 Å². The SMILES string of the molecule is CCNC(=NCC(C(C)C)N1CCOCC1)N1CCC(c2cnn(C)c2)C1. The molecule has 0 aromatic carbocycles. The van der Waals surface area contributed by atoms with Gasteiger partial charge in [0.2, 0.25) is 0 Å². The number of nitrogens with one attached hydrogen (secondary N) is 1. The van der Waals surface area contributed by atoms with E-state index in [0.29, 0.717) is 17.9 Å². The molecule has 3 rings (SSSR count). The van der Waals surface area contributed by atoms with E-state index in [1.165, 1.54) is 5.56 Å². The Morgan fingerprint density at radius 2 is 2.11 bits per heavy atom. The van der Waals surface area contributed by atoms with Crippen molar-refractivity contribution in [3.05, 3.63) is 18.0 Å². The van der Waals surface area contributed by atoms with Crippen molar-refractivity contribution in [3.8, 4) is 0 Å². The van der Waals surface area contributed by atoms with E-state index in [0.717, 1.165) is 64.9 Å². The quantitative estimate of drug-likeness (QED) is 0.603. The summed E-state index contributed by atoms with van der Waals surface area (Å²) in [5.74, 6) is 2.18. The Balaban J connectivity index is 1.64. The fraction of sp³-hybridized carbons (Fsp3) is 0.800. The van der Waals surface area contributed by atoms with Crippen molar-refractivity contribution in [2.45, 2.75) is 39.2 Å². The summed E-state index contributed by atoms with van der Waals surface area (Å²) in [6.07, 6.45) is 5.31. The molecule has 0 amide bonds. The first-order chi connectivity index (χ1) is 13.1. The molecule has 2 atom stereocenters. The van der Waals surface area contributed by atoms with E-state index in [-0.39, 0.29) is 0 Å². The Morgan fingerprint density at radius 1 is 1.33 bits per heavy atom. The van der Waals surface area contributed by atoms with E-state index in [1.54, 1.807) is 0 Å². The normalized spacial score (nSPS) is 23.2. The predicted octanol–water partition coefficient (Wildman–Crippen LogP) is 1.53. The number of nitrogens with zero attached hydrogens (tertiary/aromatic N) is 5. The number of hydrogen-bond donors (Lipinski definition) is 1. The molecule has 1 aromatic heterocycles. The number of likely N-dealkylation sites (tertiary alicyclic amines) is 1. The van der Waals surface area contributed by atoms with Gasteiger partial charge in [0.15, 0.2) is 5.96 Å². The van der Waals surface area contributed by atoms with Gasteiger partial charge in [0.1, 0.15) is 0 Å². The van der Waals surface area contributed by atoms with Gasteiger partial charge >= 0.3 is 0 Å².